The number of rotatable bonds is 6. The smallest absolute Gasteiger partial charge is 0.254 e. The van der Waals surface area contributed by atoms with Gasteiger partial charge < -0.3 is 19.7 Å². The molecule has 1 aliphatic rings. The summed E-state index contributed by atoms with van der Waals surface area (Å²) in [4.78, 5) is 36.9. The molecule has 8 nitrogen and oxygen atoms in total. The van der Waals surface area contributed by atoms with E-state index in [2.05, 4.69) is 15.3 Å². The van der Waals surface area contributed by atoms with Crippen molar-refractivity contribution in [3.8, 4) is 11.5 Å². The summed E-state index contributed by atoms with van der Waals surface area (Å²) in [6, 6.07) is 12.0. The Hall–Kier alpha value is -3.94. The molecule has 32 heavy (non-hydrogen) atoms. The van der Waals surface area contributed by atoms with Gasteiger partial charge in [0.05, 0.1) is 38.4 Å². The highest BCUT2D eigenvalue weighted by atomic mass is 16.5. The number of carbonyl (C=O) groups excluding carboxylic acids is 2. The number of ether oxygens (including phenoxy) is 2. The van der Waals surface area contributed by atoms with E-state index < -0.39 is 12.0 Å². The first-order chi connectivity index (χ1) is 15.5. The molecule has 8 heteroatoms. The van der Waals surface area contributed by atoms with Crippen molar-refractivity contribution in [3.63, 3.8) is 0 Å². The molecule has 0 unspecified atom stereocenters. The number of hydrogen-bond acceptors (Lipinski definition) is 6. The van der Waals surface area contributed by atoms with Crippen LogP contribution >= 0.6 is 0 Å². The summed E-state index contributed by atoms with van der Waals surface area (Å²) < 4.78 is 10.8. The van der Waals surface area contributed by atoms with Crippen molar-refractivity contribution in [1.82, 2.24) is 20.2 Å². The van der Waals surface area contributed by atoms with E-state index in [-0.39, 0.29) is 18.4 Å². The van der Waals surface area contributed by atoms with Crippen molar-refractivity contribution in [1.29, 1.82) is 0 Å². The van der Waals surface area contributed by atoms with E-state index in [0.29, 0.717) is 22.6 Å². The van der Waals surface area contributed by atoms with Crippen molar-refractivity contribution in [2.75, 3.05) is 21.3 Å². The van der Waals surface area contributed by atoms with Gasteiger partial charge in [-0.3, -0.25) is 19.6 Å². The number of benzene rings is 1. The minimum absolute atomic E-state index is 0.205. The van der Waals surface area contributed by atoms with Gasteiger partial charge in [0.25, 0.3) is 5.91 Å². The van der Waals surface area contributed by atoms with E-state index in [1.165, 1.54) is 14.2 Å². The van der Waals surface area contributed by atoms with Gasteiger partial charge in [0.2, 0.25) is 5.91 Å². The molecule has 2 amide bonds. The van der Waals surface area contributed by atoms with Crippen LogP contribution in [0, 0.1) is 0 Å². The maximum absolute atomic E-state index is 13.6. The Labute approximate surface area is 186 Å². The summed E-state index contributed by atoms with van der Waals surface area (Å²) in [7, 11) is 4.73. The van der Waals surface area contributed by atoms with Gasteiger partial charge in [0.1, 0.15) is 0 Å². The summed E-state index contributed by atoms with van der Waals surface area (Å²) in [5.74, 6) is -0.224. The van der Waals surface area contributed by atoms with Gasteiger partial charge in [0, 0.05) is 31.2 Å². The maximum atomic E-state index is 13.6. The topological polar surface area (TPSA) is 93.7 Å². The zero-order valence-corrected chi connectivity index (χ0v) is 18.1. The molecule has 0 saturated carbocycles. The second-order valence-electron chi connectivity index (χ2n) is 7.46. The molecule has 2 atom stereocenters. The minimum Gasteiger partial charge on any atom is -0.493 e. The summed E-state index contributed by atoms with van der Waals surface area (Å²) in [6.07, 6.45) is 5.02. The standard InChI is InChI=1S/C24H24N4O4/c1-28-22(15-7-6-9-25-13-15)21(23(29)27-14-16-8-4-5-10-26-16)17-11-19(31-2)20(32-3)12-18(17)24(28)30/h4-13,21-22H,14H2,1-3H3,(H,27,29)/t21-,22-/m1/s1. The maximum Gasteiger partial charge on any atom is 0.254 e. The molecule has 0 spiro atoms. The SMILES string of the molecule is COc1cc2c(cc1OC)[C@@H](C(=O)NCc1ccccn1)[C@@H](c1cccnc1)N(C)C2=O. The molecule has 0 aliphatic carbocycles. The highest BCUT2D eigenvalue weighted by Gasteiger charge is 2.43. The van der Waals surface area contributed by atoms with Crippen LogP contribution in [0.25, 0.3) is 0 Å². The molecular formula is C24H24N4O4. The summed E-state index contributed by atoms with van der Waals surface area (Å²) in [6.45, 7) is 0.274. The van der Waals surface area contributed by atoms with E-state index in [9.17, 15) is 9.59 Å². The van der Waals surface area contributed by atoms with Gasteiger partial charge in [-0.1, -0.05) is 12.1 Å². The van der Waals surface area contributed by atoms with Crippen molar-refractivity contribution in [2.45, 2.75) is 18.5 Å². The fourth-order valence-electron chi connectivity index (χ4n) is 4.09. The van der Waals surface area contributed by atoms with Crippen LogP contribution in [0.15, 0.2) is 61.1 Å². The molecule has 0 radical (unpaired) electrons. The van der Waals surface area contributed by atoms with Gasteiger partial charge in [-0.2, -0.15) is 0 Å². The van der Waals surface area contributed by atoms with Gasteiger partial charge in [-0.25, -0.2) is 0 Å². The van der Waals surface area contributed by atoms with Crippen LogP contribution in [-0.4, -0.2) is 47.9 Å². The quantitative estimate of drug-likeness (QED) is 0.644. The minimum atomic E-state index is -0.680. The fourth-order valence-corrected chi connectivity index (χ4v) is 4.09. The molecule has 1 aliphatic heterocycles. The number of aromatic nitrogens is 2. The van der Waals surface area contributed by atoms with Crippen molar-refractivity contribution >= 4 is 11.8 Å². The molecule has 0 saturated heterocycles. The highest BCUT2D eigenvalue weighted by molar-refractivity contribution is 6.02. The molecule has 0 fully saturated rings. The Balaban J connectivity index is 1.80. The average Bonchev–Trinajstić information content (AvgIpc) is 2.84. The lowest BCUT2D eigenvalue weighted by molar-refractivity contribution is -0.124. The molecule has 3 heterocycles. The fraction of sp³-hybridized carbons (Fsp3) is 0.250. The zero-order chi connectivity index (χ0) is 22.7. The van der Waals surface area contributed by atoms with Gasteiger partial charge in [0.15, 0.2) is 11.5 Å². The second kappa shape index (κ2) is 9.05. The average molecular weight is 432 g/mol. The van der Waals surface area contributed by atoms with E-state index in [1.54, 1.807) is 48.7 Å². The molecular weight excluding hydrogens is 408 g/mol. The van der Waals surface area contributed by atoms with Crippen LogP contribution < -0.4 is 14.8 Å². The number of fused-ring (bicyclic) bond motifs is 1. The Kier molecular flexibility index (Phi) is 6.02. The summed E-state index contributed by atoms with van der Waals surface area (Å²) >= 11 is 0. The third kappa shape index (κ3) is 3.87. The summed E-state index contributed by atoms with van der Waals surface area (Å²) in [5, 5.41) is 2.98. The number of hydrogen-bond donors (Lipinski definition) is 1. The van der Waals surface area contributed by atoms with E-state index in [0.717, 1.165) is 11.3 Å². The number of pyridine rings is 2. The first-order valence-electron chi connectivity index (χ1n) is 10.2. The lowest BCUT2D eigenvalue weighted by atomic mass is 9.79. The van der Waals surface area contributed by atoms with Crippen LogP contribution in [0.2, 0.25) is 0 Å². The Morgan fingerprint density at radius 1 is 1.09 bits per heavy atom. The number of carbonyl (C=O) groups is 2. The van der Waals surface area contributed by atoms with E-state index >= 15 is 0 Å². The first kappa shape index (κ1) is 21.3. The lowest BCUT2D eigenvalue weighted by Crippen LogP contribution is -2.45. The molecule has 164 valence electrons. The molecule has 1 N–H and O–H groups in total. The third-order valence-electron chi connectivity index (χ3n) is 5.65. The second-order valence-corrected chi connectivity index (χ2v) is 7.46. The Morgan fingerprint density at radius 3 is 2.53 bits per heavy atom. The molecule has 3 aromatic rings. The Bertz CT molecular complexity index is 1120. The number of methoxy groups -OCH3 is 2. The number of likely N-dealkylation sites (N-methyl/N-ethyl adjacent to an activating group) is 1. The predicted molar refractivity (Wildman–Crippen MR) is 117 cm³/mol. The number of amides is 2. The van der Waals surface area contributed by atoms with Crippen LogP contribution in [0.4, 0.5) is 0 Å². The van der Waals surface area contributed by atoms with Crippen molar-refractivity contribution in [2.24, 2.45) is 0 Å². The Morgan fingerprint density at radius 2 is 1.88 bits per heavy atom. The van der Waals surface area contributed by atoms with E-state index in [4.69, 9.17) is 9.47 Å². The molecule has 1 aromatic carbocycles. The van der Waals surface area contributed by atoms with Gasteiger partial charge in [-0.15, -0.1) is 0 Å². The molecule has 2 aromatic heterocycles. The molecule has 0 bridgehead atoms. The normalized spacial score (nSPS) is 17.5. The molecule has 4 rings (SSSR count). The van der Waals surface area contributed by atoms with Crippen LogP contribution in [0.5, 0.6) is 11.5 Å². The number of nitrogens with one attached hydrogen (secondary N) is 1. The van der Waals surface area contributed by atoms with E-state index in [1.807, 2.05) is 24.3 Å². The zero-order valence-electron chi connectivity index (χ0n) is 18.1. The lowest BCUT2D eigenvalue weighted by Gasteiger charge is -2.39. The van der Waals surface area contributed by atoms with Crippen LogP contribution in [-0.2, 0) is 11.3 Å². The van der Waals surface area contributed by atoms with Crippen molar-refractivity contribution in [3.05, 3.63) is 83.4 Å². The van der Waals surface area contributed by atoms with Gasteiger partial charge >= 0.3 is 0 Å². The monoisotopic (exact) mass is 432 g/mol. The third-order valence-corrected chi connectivity index (χ3v) is 5.65. The largest absolute Gasteiger partial charge is 0.493 e. The van der Waals surface area contributed by atoms with Crippen molar-refractivity contribution < 1.29 is 19.1 Å². The number of nitrogens with zero attached hydrogens (tertiary/aromatic N) is 3. The van der Waals surface area contributed by atoms with Crippen LogP contribution in [0.1, 0.15) is 39.1 Å². The highest BCUT2D eigenvalue weighted by Crippen LogP contribution is 2.45. The van der Waals surface area contributed by atoms with Crippen LogP contribution in [0.3, 0.4) is 0 Å². The predicted octanol–water partition coefficient (Wildman–Crippen LogP) is 2.72. The summed E-state index contributed by atoms with van der Waals surface area (Å²) in [5.41, 5.74) is 2.50. The first-order valence-corrected chi connectivity index (χ1v) is 10.2. The van der Waals surface area contributed by atoms with Gasteiger partial charge in [-0.05, 0) is 41.5 Å².